The van der Waals surface area contributed by atoms with Crippen molar-refractivity contribution in [3.63, 3.8) is 0 Å². The van der Waals surface area contributed by atoms with Crippen LogP contribution in [-0.2, 0) is 6.54 Å². The summed E-state index contributed by atoms with van der Waals surface area (Å²) >= 11 is 0. The number of hydrogen-bond acceptors (Lipinski definition) is 4. The van der Waals surface area contributed by atoms with Gasteiger partial charge in [-0.05, 0) is 50.6 Å². The number of aliphatic hydroxyl groups is 1. The van der Waals surface area contributed by atoms with Crippen LogP contribution < -0.4 is 9.47 Å². The van der Waals surface area contributed by atoms with Gasteiger partial charge in [0.1, 0.15) is 13.2 Å². The van der Waals surface area contributed by atoms with Crippen molar-refractivity contribution >= 4 is 0 Å². The highest BCUT2D eigenvalue weighted by Gasteiger charge is 2.12. The van der Waals surface area contributed by atoms with E-state index < -0.39 is 0 Å². The molecule has 106 valence electrons. The monoisotopic (exact) mass is 265 g/mol. The second-order valence-corrected chi connectivity index (χ2v) is 5.00. The highest BCUT2D eigenvalue weighted by Crippen LogP contribution is 2.30. The van der Waals surface area contributed by atoms with E-state index >= 15 is 0 Å². The van der Waals surface area contributed by atoms with Crippen molar-refractivity contribution < 1.29 is 14.6 Å². The molecular formula is C15H23NO3. The maximum atomic E-state index is 8.74. The lowest BCUT2D eigenvalue weighted by atomic mass is 10.1. The molecule has 0 unspecified atom stereocenters. The smallest absolute Gasteiger partial charge is 0.161 e. The minimum absolute atomic E-state index is 0.297. The average molecular weight is 265 g/mol. The molecule has 1 aromatic carbocycles. The van der Waals surface area contributed by atoms with Crippen molar-refractivity contribution in [2.24, 2.45) is 0 Å². The fourth-order valence-corrected chi connectivity index (χ4v) is 2.25. The molecule has 0 amide bonds. The third-order valence-corrected chi connectivity index (χ3v) is 3.26. The molecular weight excluding hydrogens is 242 g/mol. The van der Waals surface area contributed by atoms with Crippen molar-refractivity contribution in [2.75, 3.05) is 33.4 Å². The van der Waals surface area contributed by atoms with Gasteiger partial charge in [-0.3, -0.25) is 0 Å². The molecule has 0 aliphatic carbocycles. The van der Waals surface area contributed by atoms with E-state index in [9.17, 15) is 0 Å². The lowest BCUT2D eigenvalue weighted by Crippen LogP contribution is -2.20. The average Bonchev–Trinajstić information content (AvgIpc) is 2.43. The summed E-state index contributed by atoms with van der Waals surface area (Å²) in [5, 5.41) is 8.74. The van der Waals surface area contributed by atoms with E-state index in [1.165, 1.54) is 5.56 Å². The van der Waals surface area contributed by atoms with Crippen LogP contribution in [0.3, 0.4) is 0 Å². The van der Waals surface area contributed by atoms with Crippen molar-refractivity contribution in [2.45, 2.75) is 25.8 Å². The molecule has 0 saturated carbocycles. The van der Waals surface area contributed by atoms with Gasteiger partial charge in [-0.15, -0.1) is 0 Å². The van der Waals surface area contributed by atoms with Crippen LogP contribution in [0.15, 0.2) is 18.2 Å². The molecule has 1 aliphatic heterocycles. The van der Waals surface area contributed by atoms with Gasteiger partial charge in [0.2, 0.25) is 0 Å². The van der Waals surface area contributed by atoms with Gasteiger partial charge < -0.3 is 19.5 Å². The van der Waals surface area contributed by atoms with Gasteiger partial charge in [-0.1, -0.05) is 6.07 Å². The number of benzene rings is 1. The third-order valence-electron chi connectivity index (χ3n) is 3.26. The SMILES string of the molecule is CN(CCCCCO)Cc1ccc2c(c1)OCCO2. The van der Waals surface area contributed by atoms with Crippen LogP contribution in [0.1, 0.15) is 24.8 Å². The normalized spacial score (nSPS) is 13.8. The van der Waals surface area contributed by atoms with Crippen LogP contribution in [-0.4, -0.2) is 43.4 Å². The lowest BCUT2D eigenvalue weighted by Gasteiger charge is -2.21. The molecule has 0 saturated heterocycles. The Bertz CT molecular complexity index is 395. The van der Waals surface area contributed by atoms with Crippen LogP contribution in [0, 0.1) is 0 Å². The van der Waals surface area contributed by atoms with Crippen LogP contribution in [0.5, 0.6) is 11.5 Å². The zero-order valence-electron chi connectivity index (χ0n) is 11.6. The minimum Gasteiger partial charge on any atom is -0.486 e. The van der Waals surface area contributed by atoms with Gasteiger partial charge >= 0.3 is 0 Å². The molecule has 4 heteroatoms. The van der Waals surface area contributed by atoms with Crippen LogP contribution >= 0.6 is 0 Å². The molecule has 0 bridgehead atoms. The molecule has 0 radical (unpaired) electrons. The van der Waals surface area contributed by atoms with Crippen molar-refractivity contribution in [1.82, 2.24) is 4.90 Å². The zero-order chi connectivity index (χ0) is 13.5. The molecule has 0 aromatic heterocycles. The molecule has 2 rings (SSSR count). The van der Waals surface area contributed by atoms with Crippen LogP contribution in [0.2, 0.25) is 0 Å². The van der Waals surface area contributed by atoms with Crippen molar-refractivity contribution in [1.29, 1.82) is 0 Å². The Morgan fingerprint density at radius 2 is 1.89 bits per heavy atom. The van der Waals surface area contributed by atoms with E-state index in [0.717, 1.165) is 43.9 Å². The van der Waals surface area contributed by atoms with E-state index in [0.29, 0.717) is 19.8 Å². The van der Waals surface area contributed by atoms with Gasteiger partial charge in [0, 0.05) is 13.2 Å². The van der Waals surface area contributed by atoms with Gasteiger partial charge in [0.15, 0.2) is 11.5 Å². The number of aliphatic hydroxyl groups excluding tert-OH is 1. The molecule has 0 spiro atoms. The molecule has 19 heavy (non-hydrogen) atoms. The van der Waals surface area contributed by atoms with Gasteiger partial charge in [-0.2, -0.15) is 0 Å². The summed E-state index contributed by atoms with van der Waals surface area (Å²) in [5.41, 5.74) is 1.24. The summed E-state index contributed by atoms with van der Waals surface area (Å²) in [6.45, 7) is 3.53. The van der Waals surface area contributed by atoms with E-state index in [1.807, 2.05) is 6.07 Å². The number of unbranched alkanes of at least 4 members (excludes halogenated alkanes) is 2. The Kier molecular flexibility index (Phi) is 5.48. The molecule has 1 heterocycles. The quantitative estimate of drug-likeness (QED) is 0.766. The topological polar surface area (TPSA) is 41.9 Å². The predicted octanol–water partition coefficient (Wildman–Crippen LogP) is 2.05. The first kappa shape index (κ1) is 14.2. The summed E-state index contributed by atoms with van der Waals surface area (Å²) in [6, 6.07) is 6.15. The standard InChI is InChI=1S/C15H23NO3/c1-16(7-3-2-4-8-17)12-13-5-6-14-15(11-13)19-10-9-18-14/h5-6,11,17H,2-4,7-10,12H2,1H3. The number of fused-ring (bicyclic) bond motifs is 1. The van der Waals surface area contributed by atoms with Gasteiger partial charge in [-0.25, -0.2) is 0 Å². The first-order valence-electron chi connectivity index (χ1n) is 6.97. The maximum absolute atomic E-state index is 8.74. The van der Waals surface area contributed by atoms with Gasteiger partial charge in [0.05, 0.1) is 0 Å². The Morgan fingerprint density at radius 3 is 2.68 bits per heavy atom. The largest absolute Gasteiger partial charge is 0.486 e. The van der Waals surface area contributed by atoms with Crippen molar-refractivity contribution in [3.05, 3.63) is 23.8 Å². The Balaban J connectivity index is 1.81. The fourth-order valence-electron chi connectivity index (χ4n) is 2.25. The third kappa shape index (κ3) is 4.40. The lowest BCUT2D eigenvalue weighted by molar-refractivity contribution is 0.171. The van der Waals surface area contributed by atoms with Crippen LogP contribution in [0.4, 0.5) is 0 Å². The molecule has 1 aromatic rings. The maximum Gasteiger partial charge on any atom is 0.161 e. The van der Waals surface area contributed by atoms with Crippen molar-refractivity contribution in [3.8, 4) is 11.5 Å². The fraction of sp³-hybridized carbons (Fsp3) is 0.600. The second-order valence-electron chi connectivity index (χ2n) is 5.00. The minimum atomic E-state index is 0.297. The molecule has 0 atom stereocenters. The summed E-state index contributed by atoms with van der Waals surface area (Å²) < 4.78 is 11.1. The summed E-state index contributed by atoms with van der Waals surface area (Å²) in [7, 11) is 2.12. The first-order valence-corrected chi connectivity index (χ1v) is 6.97. The van der Waals surface area contributed by atoms with E-state index in [-0.39, 0.29) is 0 Å². The number of rotatable bonds is 7. The summed E-state index contributed by atoms with van der Waals surface area (Å²) in [5.74, 6) is 1.71. The summed E-state index contributed by atoms with van der Waals surface area (Å²) in [6.07, 6.45) is 3.11. The number of hydrogen-bond donors (Lipinski definition) is 1. The van der Waals surface area contributed by atoms with Crippen LogP contribution in [0.25, 0.3) is 0 Å². The van der Waals surface area contributed by atoms with E-state index in [4.69, 9.17) is 14.6 Å². The molecule has 1 N–H and O–H groups in total. The second kappa shape index (κ2) is 7.36. The Hall–Kier alpha value is -1.26. The molecule has 0 fully saturated rings. The highest BCUT2D eigenvalue weighted by atomic mass is 16.6. The molecule has 1 aliphatic rings. The van der Waals surface area contributed by atoms with E-state index in [1.54, 1.807) is 0 Å². The van der Waals surface area contributed by atoms with E-state index in [2.05, 4.69) is 24.1 Å². The Morgan fingerprint density at radius 1 is 1.11 bits per heavy atom. The highest BCUT2D eigenvalue weighted by molar-refractivity contribution is 5.43. The number of ether oxygens (including phenoxy) is 2. The summed E-state index contributed by atoms with van der Waals surface area (Å²) in [4.78, 5) is 2.29. The Labute approximate surface area is 114 Å². The van der Waals surface area contributed by atoms with Gasteiger partial charge in [0.25, 0.3) is 0 Å². The predicted molar refractivity (Wildman–Crippen MR) is 74.7 cm³/mol. The molecule has 4 nitrogen and oxygen atoms in total. The zero-order valence-corrected chi connectivity index (χ0v) is 11.6. The number of nitrogens with zero attached hydrogens (tertiary/aromatic N) is 1. The first-order chi connectivity index (χ1) is 9.29.